The Kier molecular flexibility index (Phi) is 5.14. The summed E-state index contributed by atoms with van der Waals surface area (Å²) in [7, 11) is 0. The van der Waals surface area contributed by atoms with Crippen LogP contribution in [0.3, 0.4) is 0 Å². The summed E-state index contributed by atoms with van der Waals surface area (Å²) in [4.78, 5) is 8.56. The summed E-state index contributed by atoms with van der Waals surface area (Å²) in [5, 5.41) is 3.56. The largest absolute Gasteiger partial charge is 0.311 e. The van der Waals surface area contributed by atoms with E-state index in [9.17, 15) is 0 Å². The van der Waals surface area contributed by atoms with Gasteiger partial charge in [-0.1, -0.05) is 20.8 Å². The quantitative estimate of drug-likeness (QED) is 0.910. The van der Waals surface area contributed by atoms with Crippen molar-refractivity contribution < 1.29 is 0 Å². The van der Waals surface area contributed by atoms with Gasteiger partial charge in [-0.3, -0.25) is 0 Å². The molecule has 0 aromatic carbocycles. The SMILES string of the molecule is Cc1nccc(CNCC2CCC(C(C)(C)C)CC2)n1. The van der Waals surface area contributed by atoms with Crippen LogP contribution in [0.4, 0.5) is 0 Å². The van der Waals surface area contributed by atoms with Crippen LogP contribution in [0, 0.1) is 24.2 Å². The second-order valence-electron chi connectivity index (χ2n) is 7.31. The zero-order valence-electron chi connectivity index (χ0n) is 13.4. The van der Waals surface area contributed by atoms with Crippen LogP contribution >= 0.6 is 0 Å². The molecule has 1 saturated carbocycles. The number of hydrogen-bond donors (Lipinski definition) is 1. The number of rotatable bonds is 4. The van der Waals surface area contributed by atoms with Gasteiger partial charge in [-0.15, -0.1) is 0 Å². The van der Waals surface area contributed by atoms with E-state index in [1.54, 1.807) is 0 Å². The first-order chi connectivity index (χ1) is 9.45. The smallest absolute Gasteiger partial charge is 0.125 e. The van der Waals surface area contributed by atoms with Crippen molar-refractivity contribution in [3.05, 3.63) is 23.8 Å². The van der Waals surface area contributed by atoms with Crippen molar-refractivity contribution in [1.82, 2.24) is 15.3 Å². The van der Waals surface area contributed by atoms with Gasteiger partial charge < -0.3 is 5.32 Å². The van der Waals surface area contributed by atoms with E-state index in [1.165, 1.54) is 25.7 Å². The van der Waals surface area contributed by atoms with Gasteiger partial charge in [-0.25, -0.2) is 9.97 Å². The van der Waals surface area contributed by atoms with Crippen LogP contribution in [-0.2, 0) is 6.54 Å². The van der Waals surface area contributed by atoms with Crippen LogP contribution in [0.1, 0.15) is 58.0 Å². The zero-order chi connectivity index (χ0) is 14.6. The first kappa shape index (κ1) is 15.4. The van der Waals surface area contributed by atoms with Crippen LogP contribution < -0.4 is 5.32 Å². The lowest BCUT2D eigenvalue weighted by molar-refractivity contribution is 0.149. The average molecular weight is 275 g/mol. The summed E-state index contributed by atoms with van der Waals surface area (Å²) < 4.78 is 0. The first-order valence-corrected chi connectivity index (χ1v) is 7.94. The molecule has 1 aromatic heterocycles. The Morgan fingerprint density at radius 2 is 1.90 bits per heavy atom. The van der Waals surface area contributed by atoms with E-state index in [0.29, 0.717) is 5.41 Å². The molecule has 112 valence electrons. The Bertz CT molecular complexity index is 414. The molecule has 1 heterocycles. The van der Waals surface area contributed by atoms with Crippen molar-refractivity contribution in [2.75, 3.05) is 6.54 Å². The Labute approximate surface area is 123 Å². The maximum Gasteiger partial charge on any atom is 0.125 e. The third-order valence-corrected chi connectivity index (χ3v) is 4.64. The third-order valence-electron chi connectivity index (χ3n) is 4.64. The van der Waals surface area contributed by atoms with Crippen LogP contribution in [0.15, 0.2) is 12.3 Å². The summed E-state index contributed by atoms with van der Waals surface area (Å²) in [6, 6.07) is 2.00. The molecule has 0 spiro atoms. The minimum atomic E-state index is 0.483. The minimum Gasteiger partial charge on any atom is -0.311 e. The standard InChI is InChI=1S/C17H29N3/c1-13-19-10-9-16(20-13)12-18-11-14-5-7-15(8-6-14)17(2,3)4/h9-10,14-15,18H,5-8,11-12H2,1-4H3. The Morgan fingerprint density at radius 3 is 2.50 bits per heavy atom. The van der Waals surface area contributed by atoms with Crippen molar-refractivity contribution in [2.45, 2.75) is 59.9 Å². The molecule has 0 saturated heterocycles. The predicted molar refractivity (Wildman–Crippen MR) is 83.4 cm³/mol. The fraction of sp³-hybridized carbons (Fsp3) is 0.765. The van der Waals surface area contributed by atoms with Crippen LogP contribution in [0.5, 0.6) is 0 Å². The van der Waals surface area contributed by atoms with Crippen molar-refractivity contribution in [1.29, 1.82) is 0 Å². The van der Waals surface area contributed by atoms with E-state index >= 15 is 0 Å². The number of nitrogens with zero attached hydrogens (tertiary/aromatic N) is 2. The highest BCUT2D eigenvalue weighted by atomic mass is 14.9. The van der Waals surface area contributed by atoms with Gasteiger partial charge in [0.25, 0.3) is 0 Å². The van der Waals surface area contributed by atoms with Crippen molar-refractivity contribution in [3.8, 4) is 0 Å². The van der Waals surface area contributed by atoms with E-state index in [2.05, 4.69) is 36.1 Å². The van der Waals surface area contributed by atoms with E-state index in [0.717, 1.165) is 36.4 Å². The first-order valence-electron chi connectivity index (χ1n) is 7.94. The van der Waals surface area contributed by atoms with E-state index in [-0.39, 0.29) is 0 Å². The monoisotopic (exact) mass is 275 g/mol. The van der Waals surface area contributed by atoms with Crippen LogP contribution in [-0.4, -0.2) is 16.5 Å². The fourth-order valence-electron chi connectivity index (χ4n) is 3.24. The van der Waals surface area contributed by atoms with Gasteiger partial charge in [0.2, 0.25) is 0 Å². The Balaban J connectivity index is 1.69. The highest BCUT2D eigenvalue weighted by molar-refractivity contribution is 5.01. The van der Waals surface area contributed by atoms with Gasteiger partial charge in [0.1, 0.15) is 5.82 Å². The maximum atomic E-state index is 4.43. The predicted octanol–water partition coefficient (Wildman–Crippen LogP) is 3.73. The number of aromatic nitrogens is 2. The normalized spacial score (nSPS) is 23.8. The molecule has 0 atom stereocenters. The van der Waals surface area contributed by atoms with Crippen molar-refractivity contribution in [2.24, 2.45) is 17.3 Å². The maximum absolute atomic E-state index is 4.43. The van der Waals surface area contributed by atoms with Crippen LogP contribution in [0.2, 0.25) is 0 Å². The number of aryl methyl sites for hydroxylation is 1. The lowest BCUT2D eigenvalue weighted by Gasteiger charge is -2.37. The summed E-state index contributed by atoms with van der Waals surface area (Å²) in [6.45, 7) is 11.1. The molecule has 1 fully saturated rings. The summed E-state index contributed by atoms with van der Waals surface area (Å²) in [6.07, 6.45) is 7.37. The summed E-state index contributed by atoms with van der Waals surface area (Å²) >= 11 is 0. The molecule has 3 heteroatoms. The molecule has 0 amide bonds. The van der Waals surface area contributed by atoms with Gasteiger partial charge in [0, 0.05) is 12.7 Å². The lowest BCUT2D eigenvalue weighted by atomic mass is 9.70. The number of nitrogens with one attached hydrogen (secondary N) is 1. The van der Waals surface area contributed by atoms with Crippen LogP contribution in [0.25, 0.3) is 0 Å². The molecular formula is C17H29N3. The van der Waals surface area contributed by atoms with E-state index in [4.69, 9.17) is 0 Å². The van der Waals surface area contributed by atoms with E-state index < -0.39 is 0 Å². The second-order valence-corrected chi connectivity index (χ2v) is 7.31. The average Bonchev–Trinajstić information content (AvgIpc) is 2.38. The summed E-state index contributed by atoms with van der Waals surface area (Å²) in [5.41, 5.74) is 1.58. The summed E-state index contributed by atoms with van der Waals surface area (Å²) in [5.74, 6) is 2.61. The molecule has 1 aliphatic rings. The molecule has 1 aromatic rings. The highest BCUT2D eigenvalue weighted by Crippen LogP contribution is 2.39. The minimum absolute atomic E-state index is 0.483. The molecule has 20 heavy (non-hydrogen) atoms. The molecule has 1 N–H and O–H groups in total. The molecule has 0 radical (unpaired) electrons. The van der Waals surface area contributed by atoms with Gasteiger partial charge in [0.15, 0.2) is 0 Å². The third kappa shape index (κ3) is 4.55. The van der Waals surface area contributed by atoms with E-state index in [1.807, 2.05) is 19.2 Å². The molecular weight excluding hydrogens is 246 g/mol. The lowest BCUT2D eigenvalue weighted by Crippen LogP contribution is -2.30. The van der Waals surface area contributed by atoms with Gasteiger partial charge in [-0.05, 0) is 62.5 Å². The molecule has 1 aliphatic carbocycles. The van der Waals surface area contributed by atoms with Gasteiger partial charge in [-0.2, -0.15) is 0 Å². The fourth-order valence-corrected chi connectivity index (χ4v) is 3.24. The van der Waals surface area contributed by atoms with Crippen molar-refractivity contribution in [3.63, 3.8) is 0 Å². The molecule has 0 bridgehead atoms. The Morgan fingerprint density at radius 1 is 1.20 bits per heavy atom. The van der Waals surface area contributed by atoms with Gasteiger partial charge in [0.05, 0.1) is 5.69 Å². The molecule has 2 rings (SSSR count). The topological polar surface area (TPSA) is 37.8 Å². The number of hydrogen-bond acceptors (Lipinski definition) is 3. The highest BCUT2D eigenvalue weighted by Gasteiger charge is 2.29. The molecule has 0 unspecified atom stereocenters. The Hall–Kier alpha value is -0.960. The molecule has 3 nitrogen and oxygen atoms in total. The zero-order valence-corrected chi connectivity index (χ0v) is 13.4. The second kappa shape index (κ2) is 6.66. The van der Waals surface area contributed by atoms with Gasteiger partial charge >= 0.3 is 0 Å². The van der Waals surface area contributed by atoms with Crippen molar-refractivity contribution >= 4 is 0 Å². The molecule has 0 aliphatic heterocycles.